The summed E-state index contributed by atoms with van der Waals surface area (Å²) in [5.74, 6) is 0. The van der Waals surface area contributed by atoms with Crippen molar-refractivity contribution in [2.75, 3.05) is 0 Å². The Hall–Kier alpha value is -1.60. The van der Waals surface area contributed by atoms with Crippen molar-refractivity contribution in [2.24, 2.45) is 4.99 Å². The maximum Gasteiger partial charge on any atom is 0.0739 e. The maximum atomic E-state index is 6.08. The molecule has 17 heavy (non-hydrogen) atoms. The number of hydrogen-bond donors (Lipinski definition) is 0. The molecule has 0 radical (unpaired) electrons. The number of aliphatic imine (C=N–C) groups is 1. The zero-order chi connectivity index (χ0) is 11.8. The van der Waals surface area contributed by atoms with Gasteiger partial charge in [0.05, 0.1) is 5.69 Å². The first-order chi connectivity index (χ1) is 8.25. The van der Waals surface area contributed by atoms with Gasteiger partial charge in [0.25, 0.3) is 0 Å². The molecule has 2 aromatic rings. The fourth-order valence-electron chi connectivity index (χ4n) is 2.25. The number of nitrogens with zero attached hydrogens (tertiary/aromatic N) is 1. The molecule has 84 valence electrons. The van der Waals surface area contributed by atoms with Crippen molar-refractivity contribution in [3.8, 4) is 11.1 Å². The molecule has 1 aliphatic rings. The lowest BCUT2D eigenvalue weighted by molar-refractivity contribution is 1.39. The minimum atomic E-state index is 0.769. The SMILES string of the molecule is Cc1ccc(Cl)cc1-c1cccc2c1N=CC2. The largest absolute Gasteiger partial charge is 0.260 e. The average Bonchev–Trinajstić information content (AvgIpc) is 2.80. The van der Waals surface area contributed by atoms with Gasteiger partial charge in [-0.15, -0.1) is 0 Å². The highest BCUT2D eigenvalue weighted by Gasteiger charge is 2.13. The number of hydrogen-bond acceptors (Lipinski definition) is 1. The lowest BCUT2D eigenvalue weighted by atomic mass is 9.97. The minimum Gasteiger partial charge on any atom is -0.260 e. The second-order valence-corrected chi connectivity index (χ2v) is 4.72. The van der Waals surface area contributed by atoms with Gasteiger partial charge in [0, 0.05) is 23.2 Å². The van der Waals surface area contributed by atoms with Crippen molar-refractivity contribution in [3.05, 3.63) is 52.5 Å². The van der Waals surface area contributed by atoms with Crippen molar-refractivity contribution in [1.29, 1.82) is 0 Å². The molecule has 0 aliphatic carbocycles. The summed E-state index contributed by atoms with van der Waals surface area (Å²) in [5, 5.41) is 0.769. The number of para-hydroxylation sites is 1. The molecular weight excluding hydrogens is 230 g/mol. The van der Waals surface area contributed by atoms with Gasteiger partial charge in [-0.1, -0.05) is 35.9 Å². The van der Waals surface area contributed by atoms with Crippen molar-refractivity contribution in [2.45, 2.75) is 13.3 Å². The molecule has 0 N–H and O–H groups in total. The molecular formula is C15H12ClN. The molecule has 2 heteroatoms. The van der Waals surface area contributed by atoms with E-state index in [0.29, 0.717) is 0 Å². The summed E-state index contributed by atoms with van der Waals surface area (Å²) in [6.07, 6.45) is 2.90. The molecule has 1 nitrogen and oxygen atoms in total. The van der Waals surface area contributed by atoms with E-state index in [-0.39, 0.29) is 0 Å². The molecule has 0 unspecified atom stereocenters. The zero-order valence-corrected chi connectivity index (χ0v) is 10.3. The molecule has 1 aliphatic heterocycles. The summed E-state index contributed by atoms with van der Waals surface area (Å²) < 4.78 is 0. The number of aryl methyl sites for hydroxylation is 1. The molecule has 3 rings (SSSR count). The fraction of sp³-hybridized carbons (Fsp3) is 0.133. The van der Waals surface area contributed by atoms with Crippen LogP contribution in [0.4, 0.5) is 5.69 Å². The van der Waals surface area contributed by atoms with Crippen LogP contribution in [0, 0.1) is 6.92 Å². The van der Waals surface area contributed by atoms with Crippen LogP contribution < -0.4 is 0 Å². The molecule has 0 aromatic heterocycles. The summed E-state index contributed by atoms with van der Waals surface area (Å²) in [7, 11) is 0. The molecule has 0 amide bonds. The van der Waals surface area contributed by atoms with E-state index in [4.69, 9.17) is 11.6 Å². The second kappa shape index (κ2) is 4.01. The number of fused-ring (bicyclic) bond motifs is 1. The van der Waals surface area contributed by atoms with Crippen molar-refractivity contribution >= 4 is 23.5 Å². The standard InChI is InChI=1S/C15H12ClN/c1-10-5-6-12(16)9-14(10)13-4-2-3-11-7-8-17-15(11)13/h2-6,8-9H,7H2,1H3. The Labute approximate surface area is 106 Å². The predicted molar refractivity (Wildman–Crippen MR) is 73.5 cm³/mol. The van der Waals surface area contributed by atoms with Gasteiger partial charge in [-0.25, -0.2) is 0 Å². The minimum absolute atomic E-state index is 0.769. The molecule has 0 saturated heterocycles. The van der Waals surface area contributed by atoms with E-state index in [1.807, 2.05) is 18.3 Å². The number of benzene rings is 2. The summed E-state index contributed by atoms with van der Waals surface area (Å²) in [5.41, 5.74) is 5.97. The molecule has 0 spiro atoms. The first kappa shape index (κ1) is 10.5. The first-order valence-corrected chi connectivity index (χ1v) is 6.04. The van der Waals surface area contributed by atoms with Gasteiger partial charge in [-0.3, -0.25) is 4.99 Å². The van der Waals surface area contributed by atoms with Crippen LogP contribution in [0.25, 0.3) is 11.1 Å². The highest BCUT2D eigenvalue weighted by Crippen LogP contribution is 2.38. The van der Waals surface area contributed by atoms with Crippen molar-refractivity contribution in [1.82, 2.24) is 0 Å². The second-order valence-electron chi connectivity index (χ2n) is 4.29. The fourth-order valence-corrected chi connectivity index (χ4v) is 2.42. The Morgan fingerprint density at radius 3 is 2.88 bits per heavy atom. The van der Waals surface area contributed by atoms with Crippen LogP contribution in [0.15, 0.2) is 41.4 Å². The molecule has 0 fully saturated rings. The summed E-state index contributed by atoms with van der Waals surface area (Å²) in [4.78, 5) is 4.48. The van der Waals surface area contributed by atoms with E-state index in [9.17, 15) is 0 Å². The third kappa shape index (κ3) is 1.77. The van der Waals surface area contributed by atoms with Gasteiger partial charge >= 0.3 is 0 Å². The van der Waals surface area contributed by atoms with E-state index in [1.165, 1.54) is 22.3 Å². The Kier molecular flexibility index (Phi) is 2.49. The first-order valence-electron chi connectivity index (χ1n) is 5.66. The van der Waals surface area contributed by atoms with Crippen LogP contribution in [0.3, 0.4) is 0 Å². The Morgan fingerprint density at radius 1 is 1.12 bits per heavy atom. The lowest BCUT2D eigenvalue weighted by Crippen LogP contribution is -1.86. The zero-order valence-electron chi connectivity index (χ0n) is 9.57. The molecule has 0 saturated carbocycles. The van der Waals surface area contributed by atoms with Crippen LogP contribution in [0.5, 0.6) is 0 Å². The van der Waals surface area contributed by atoms with E-state index < -0.39 is 0 Å². The maximum absolute atomic E-state index is 6.08. The summed E-state index contributed by atoms with van der Waals surface area (Å²) >= 11 is 6.08. The van der Waals surface area contributed by atoms with Crippen LogP contribution in [-0.4, -0.2) is 6.21 Å². The van der Waals surface area contributed by atoms with Gasteiger partial charge in [-0.2, -0.15) is 0 Å². The van der Waals surface area contributed by atoms with Gasteiger partial charge in [0.2, 0.25) is 0 Å². The van der Waals surface area contributed by atoms with Crippen molar-refractivity contribution < 1.29 is 0 Å². The van der Waals surface area contributed by atoms with Crippen molar-refractivity contribution in [3.63, 3.8) is 0 Å². The normalized spacial score (nSPS) is 12.8. The highest BCUT2D eigenvalue weighted by molar-refractivity contribution is 6.31. The monoisotopic (exact) mass is 241 g/mol. The molecule has 0 atom stereocenters. The smallest absolute Gasteiger partial charge is 0.0739 e. The van der Waals surface area contributed by atoms with Crippen LogP contribution >= 0.6 is 11.6 Å². The highest BCUT2D eigenvalue weighted by atomic mass is 35.5. The van der Waals surface area contributed by atoms with E-state index >= 15 is 0 Å². The lowest BCUT2D eigenvalue weighted by Gasteiger charge is -2.10. The third-order valence-electron chi connectivity index (χ3n) is 3.14. The van der Waals surface area contributed by atoms with Crippen LogP contribution in [0.1, 0.15) is 11.1 Å². The van der Waals surface area contributed by atoms with E-state index in [1.54, 1.807) is 0 Å². The predicted octanol–water partition coefficient (Wildman–Crippen LogP) is 4.57. The number of halogens is 1. The summed E-state index contributed by atoms with van der Waals surface area (Å²) in [6, 6.07) is 12.3. The Bertz CT molecular complexity index is 614. The average molecular weight is 242 g/mol. The van der Waals surface area contributed by atoms with E-state index in [2.05, 4.69) is 36.2 Å². The molecule has 2 aromatic carbocycles. The van der Waals surface area contributed by atoms with Crippen LogP contribution in [-0.2, 0) is 6.42 Å². The van der Waals surface area contributed by atoms with Gasteiger partial charge in [0.15, 0.2) is 0 Å². The van der Waals surface area contributed by atoms with Gasteiger partial charge in [0.1, 0.15) is 0 Å². The van der Waals surface area contributed by atoms with Gasteiger partial charge in [-0.05, 0) is 35.7 Å². The quantitative estimate of drug-likeness (QED) is 0.693. The third-order valence-corrected chi connectivity index (χ3v) is 3.38. The Morgan fingerprint density at radius 2 is 2.00 bits per heavy atom. The topological polar surface area (TPSA) is 12.4 Å². The van der Waals surface area contributed by atoms with Crippen LogP contribution in [0.2, 0.25) is 5.02 Å². The van der Waals surface area contributed by atoms with Gasteiger partial charge < -0.3 is 0 Å². The van der Waals surface area contributed by atoms with E-state index in [0.717, 1.165) is 17.1 Å². The molecule has 0 bridgehead atoms. The Balaban J connectivity index is 2.25. The number of rotatable bonds is 1. The summed E-state index contributed by atoms with van der Waals surface area (Å²) in [6.45, 7) is 2.10. The molecule has 1 heterocycles.